The molecule has 1 aliphatic heterocycles. The van der Waals surface area contributed by atoms with Crippen LogP contribution >= 0.6 is 0 Å². The Morgan fingerprint density at radius 1 is 0.960 bits per heavy atom. The van der Waals surface area contributed by atoms with Crippen molar-refractivity contribution in [2.24, 2.45) is 0 Å². The molecule has 3 heterocycles. The normalized spacial score (nSPS) is 14.7. The average molecular weight is 335 g/mol. The van der Waals surface area contributed by atoms with Crippen LogP contribution in [0.3, 0.4) is 0 Å². The molecule has 0 bridgehead atoms. The molecule has 0 amide bonds. The third-order valence-electron chi connectivity index (χ3n) is 4.51. The summed E-state index contributed by atoms with van der Waals surface area (Å²) >= 11 is 0. The van der Waals surface area contributed by atoms with Crippen LogP contribution in [0.15, 0.2) is 42.7 Å². The summed E-state index contributed by atoms with van der Waals surface area (Å²) in [5.74, 6) is 0.762. The summed E-state index contributed by atoms with van der Waals surface area (Å²) < 4.78 is 7.36. The van der Waals surface area contributed by atoms with Crippen LogP contribution in [0.4, 0.5) is 5.95 Å². The summed E-state index contributed by atoms with van der Waals surface area (Å²) in [6.45, 7) is 7.24. The van der Waals surface area contributed by atoms with Gasteiger partial charge in [0.05, 0.1) is 24.6 Å². The molecule has 1 fully saturated rings. The van der Waals surface area contributed by atoms with Crippen molar-refractivity contribution in [1.29, 1.82) is 0 Å². The first-order chi connectivity index (χ1) is 12.2. The number of morpholine rings is 1. The highest BCUT2D eigenvalue weighted by molar-refractivity contribution is 5.68. The van der Waals surface area contributed by atoms with Crippen LogP contribution < -0.4 is 4.90 Å². The molecule has 1 saturated heterocycles. The molecule has 0 radical (unpaired) electrons. The molecule has 2 aromatic heterocycles. The van der Waals surface area contributed by atoms with Crippen molar-refractivity contribution in [1.82, 2.24) is 19.7 Å². The Hall–Kier alpha value is -2.73. The number of ether oxygens (including phenoxy) is 1. The highest BCUT2D eigenvalue weighted by atomic mass is 16.5. The first-order valence-corrected chi connectivity index (χ1v) is 8.51. The lowest BCUT2D eigenvalue weighted by Crippen LogP contribution is -2.37. The van der Waals surface area contributed by atoms with E-state index < -0.39 is 0 Å². The van der Waals surface area contributed by atoms with E-state index in [0.717, 1.165) is 60.5 Å². The molecule has 4 rings (SSSR count). The Morgan fingerprint density at radius 3 is 2.32 bits per heavy atom. The fraction of sp³-hybridized carbons (Fsp3) is 0.316. The fourth-order valence-corrected chi connectivity index (χ4v) is 3.26. The molecule has 1 aliphatic rings. The van der Waals surface area contributed by atoms with Gasteiger partial charge in [0.2, 0.25) is 5.95 Å². The number of anilines is 1. The van der Waals surface area contributed by atoms with Gasteiger partial charge in [-0.05, 0) is 26.0 Å². The van der Waals surface area contributed by atoms with Crippen LogP contribution in [0.25, 0.3) is 16.8 Å². The zero-order chi connectivity index (χ0) is 17.2. The van der Waals surface area contributed by atoms with Gasteiger partial charge in [0.1, 0.15) is 0 Å². The second-order valence-electron chi connectivity index (χ2n) is 6.16. The monoisotopic (exact) mass is 335 g/mol. The van der Waals surface area contributed by atoms with Gasteiger partial charge >= 0.3 is 0 Å². The van der Waals surface area contributed by atoms with Gasteiger partial charge in [0, 0.05) is 42.3 Å². The van der Waals surface area contributed by atoms with Crippen molar-refractivity contribution in [3.05, 3.63) is 54.1 Å². The molecule has 6 heteroatoms. The highest BCUT2D eigenvalue weighted by Gasteiger charge is 2.17. The number of aryl methyl sites for hydroxylation is 1. The van der Waals surface area contributed by atoms with Gasteiger partial charge in [-0.25, -0.2) is 14.6 Å². The molecule has 0 saturated carbocycles. The molecule has 3 aromatic rings. The fourth-order valence-electron chi connectivity index (χ4n) is 3.26. The number of rotatable bonds is 3. The van der Waals surface area contributed by atoms with Gasteiger partial charge in [0.15, 0.2) is 0 Å². The van der Waals surface area contributed by atoms with Crippen molar-refractivity contribution >= 4 is 5.95 Å². The summed E-state index contributed by atoms with van der Waals surface area (Å²) in [4.78, 5) is 11.3. The number of para-hydroxylation sites is 1. The van der Waals surface area contributed by atoms with Gasteiger partial charge in [-0.15, -0.1) is 0 Å². The lowest BCUT2D eigenvalue weighted by molar-refractivity contribution is 0.122. The molecule has 25 heavy (non-hydrogen) atoms. The minimum absolute atomic E-state index is 0.729. The summed E-state index contributed by atoms with van der Waals surface area (Å²) in [5, 5.41) is 4.70. The van der Waals surface area contributed by atoms with Crippen LogP contribution in [0, 0.1) is 13.8 Å². The molecule has 0 atom stereocenters. The molecular formula is C19H21N5O. The van der Waals surface area contributed by atoms with Crippen molar-refractivity contribution < 1.29 is 4.74 Å². The molecule has 1 aromatic carbocycles. The Bertz CT molecular complexity index is 852. The number of hydrogen-bond acceptors (Lipinski definition) is 5. The van der Waals surface area contributed by atoms with Gasteiger partial charge < -0.3 is 9.64 Å². The molecule has 0 spiro atoms. The van der Waals surface area contributed by atoms with Crippen LogP contribution in [0.1, 0.15) is 11.4 Å². The highest BCUT2D eigenvalue weighted by Crippen LogP contribution is 2.28. The first kappa shape index (κ1) is 15.8. The van der Waals surface area contributed by atoms with Gasteiger partial charge in [-0.1, -0.05) is 18.2 Å². The second-order valence-corrected chi connectivity index (χ2v) is 6.16. The number of aromatic nitrogens is 4. The third-order valence-corrected chi connectivity index (χ3v) is 4.51. The topological polar surface area (TPSA) is 56.1 Å². The summed E-state index contributed by atoms with van der Waals surface area (Å²) in [7, 11) is 0. The zero-order valence-electron chi connectivity index (χ0n) is 14.5. The lowest BCUT2D eigenvalue weighted by Gasteiger charge is -2.26. The van der Waals surface area contributed by atoms with E-state index in [1.54, 1.807) is 0 Å². The number of benzene rings is 1. The maximum absolute atomic E-state index is 5.38. The maximum atomic E-state index is 5.38. The summed E-state index contributed by atoms with van der Waals surface area (Å²) in [5.41, 5.74) is 5.21. The van der Waals surface area contributed by atoms with Crippen LogP contribution in [-0.2, 0) is 4.74 Å². The van der Waals surface area contributed by atoms with E-state index in [9.17, 15) is 0 Å². The Morgan fingerprint density at radius 2 is 1.64 bits per heavy atom. The summed E-state index contributed by atoms with van der Waals surface area (Å²) in [6, 6.07) is 10.2. The van der Waals surface area contributed by atoms with Gasteiger partial charge in [0.25, 0.3) is 0 Å². The van der Waals surface area contributed by atoms with E-state index in [4.69, 9.17) is 9.84 Å². The molecule has 6 nitrogen and oxygen atoms in total. The van der Waals surface area contributed by atoms with Crippen molar-refractivity contribution in [3.63, 3.8) is 0 Å². The Balaban J connectivity index is 1.67. The SMILES string of the molecule is Cc1nn(-c2ccccc2)c(C)c1-c1cnc(N2CCOCC2)nc1. The maximum Gasteiger partial charge on any atom is 0.225 e. The molecule has 0 N–H and O–H groups in total. The van der Waals surface area contributed by atoms with E-state index in [-0.39, 0.29) is 0 Å². The first-order valence-electron chi connectivity index (χ1n) is 8.51. The van der Waals surface area contributed by atoms with Crippen molar-refractivity contribution in [3.8, 4) is 16.8 Å². The lowest BCUT2D eigenvalue weighted by atomic mass is 10.1. The van der Waals surface area contributed by atoms with E-state index in [0.29, 0.717) is 0 Å². The smallest absolute Gasteiger partial charge is 0.225 e. The molecule has 128 valence electrons. The minimum Gasteiger partial charge on any atom is -0.378 e. The van der Waals surface area contributed by atoms with Crippen LogP contribution in [-0.4, -0.2) is 46.1 Å². The molecular weight excluding hydrogens is 314 g/mol. The Kier molecular flexibility index (Phi) is 4.19. The van der Waals surface area contributed by atoms with Crippen molar-refractivity contribution in [2.45, 2.75) is 13.8 Å². The van der Waals surface area contributed by atoms with E-state index >= 15 is 0 Å². The number of nitrogens with zero attached hydrogens (tertiary/aromatic N) is 5. The molecule has 0 aliphatic carbocycles. The van der Waals surface area contributed by atoms with E-state index in [2.05, 4.69) is 33.9 Å². The van der Waals surface area contributed by atoms with Crippen molar-refractivity contribution in [2.75, 3.05) is 31.2 Å². The predicted octanol–water partition coefficient (Wildman–Crippen LogP) is 2.78. The minimum atomic E-state index is 0.729. The standard InChI is InChI=1S/C19H21N5O/c1-14-18(15(2)24(22-14)17-6-4-3-5-7-17)16-12-20-19(21-13-16)23-8-10-25-11-9-23/h3-7,12-13H,8-11H2,1-2H3. The van der Waals surface area contributed by atoms with Crippen LogP contribution in [0.5, 0.6) is 0 Å². The third kappa shape index (κ3) is 3.00. The van der Waals surface area contributed by atoms with E-state index in [1.807, 2.05) is 42.2 Å². The van der Waals surface area contributed by atoms with E-state index in [1.165, 1.54) is 0 Å². The van der Waals surface area contributed by atoms with Gasteiger partial charge in [-0.2, -0.15) is 5.10 Å². The second kappa shape index (κ2) is 6.64. The van der Waals surface area contributed by atoms with Crippen LogP contribution in [0.2, 0.25) is 0 Å². The predicted molar refractivity (Wildman–Crippen MR) is 97.1 cm³/mol. The Labute approximate surface area is 147 Å². The number of hydrogen-bond donors (Lipinski definition) is 0. The quantitative estimate of drug-likeness (QED) is 0.737. The average Bonchev–Trinajstić information content (AvgIpc) is 2.98. The zero-order valence-corrected chi connectivity index (χ0v) is 14.5. The largest absolute Gasteiger partial charge is 0.378 e. The van der Waals surface area contributed by atoms with Gasteiger partial charge in [-0.3, -0.25) is 0 Å². The summed E-state index contributed by atoms with van der Waals surface area (Å²) in [6.07, 6.45) is 3.79. The molecule has 0 unspecified atom stereocenters.